The van der Waals surface area contributed by atoms with Gasteiger partial charge in [-0.05, 0) is 76.4 Å². The van der Waals surface area contributed by atoms with Gasteiger partial charge in [0.15, 0.2) is 0 Å². The molecule has 144 valence electrons. The Morgan fingerprint density at radius 2 is 1.93 bits per heavy atom. The second-order valence-electron chi connectivity index (χ2n) is 8.69. The van der Waals surface area contributed by atoms with Crippen molar-refractivity contribution in [2.75, 3.05) is 20.1 Å². The van der Waals surface area contributed by atoms with Gasteiger partial charge in [-0.1, -0.05) is 48.8 Å². The maximum Gasteiger partial charge on any atom is 0.0483 e. The lowest BCUT2D eigenvalue weighted by Crippen LogP contribution is -2.30. The van der Waals surface area contributed by atoms with Crippen molar-refractivity contribution in [3.63, 3.8) is 0 Å². The standard InChI is InChI=1S/C25H34N2/c1-20-7-5-9-22(19-20)23-10-6-11-25-24(23)14-18-27(25)15-4-3-8-21-12-16-26(2)17-13-21/h5-7,10-11,14,18-19,21-22H,3-4,8-9,12-13,15-17H2,1-2H3. The van der Waals surface area contributed by atoms with E-state index in [-0.39, 0.29) is 0 Å². The summed E-state index contributed by atoms with van der Waals surface area (Å²) in [6, 6.07) is 9.20. The highest BCUT2D eigenvalue weighted by Crippen LogP contribution is 2.33. The number of hydrogen-bond donors (Lipinski definition) is 0. The molecule has 2 nitrogen and oxygen atoms in total. The van der Waals surface area contributed by atoms with E-state index in [4.69, 9.17) is 0 Å². The molecule has 1 aliphatic carbocycles. The molecule has 1 aromatic heterocycles. The molecule has 2 aromatic rings. The summed E-state index contributed by atoms with van der Waals surface area (Å²) in [6.45, 7) is 5.94. The van der Waals surface area contributed by atoms with Gasteiger partial charge in [0.2, 0.25) is 0 Å². The first-order chi connectivity index (χ1) is 13.2. The summed E-state index contributed by atoms with van der Waals surface area (Å²) in [5.74, 6) is 1.49. The molecule has 1 unspecified atom stereocenters. The van der Waals surface area contributed by atoms with E-state index in [1.165, 1.54) is 67.2 Å². The minimum Gasteiger partial charge on any atom is -0.347 e. The summed E-state index contributed by atoms with van der Waals surface area (Å²) in [4.78, 5) is 2.47. The second-order valence-corrected chi connectivity index (χ2v) is 8.69. The number of rotatable bonds is 6. The average Bonchev–Trinajstić information content (AvgIpc) is 3.10. The Kier molecular flexibility index (Phi) is 5.83. The van der Waals surface area contributed by atoms with Gasteiger partial charge in [-0.15, -0.1) is 0 Å². The average molecular weight is 363 g/mol. The number of allylic oxidation sites excluding steroid dienone is 4. The van der Waals surface area contributed by atoms with Crippen molar-refractivity contribution in [2.45, 2.75) is 57.9 Å². The van der Waals surface area contributed by atoms with Crippen molar-refractivity contribution in [1.82, 2.24) is 9.47 Å². The van der Waals surface area contributed by atoms with E-state index >= 15 is 0 Å². The number of hydrogen-bond acceptors (Lipinski definition) is 1. The molecule has 1 saturated heterocycles. The Balaban J connectivity index is 1.37. The summed E-state index contributed by atoms with van der Waals surface area (Å²) in [7, 11) is 2.25. The maximum atomic E-state index is 2.47. The zero-order valence-electron chi connectivity index (χ0n) is 17.0. The molecule has 1 aliphatic heterocycles. The molecule has 1 atom stereocenters. The van der Waals surface area contributed by atoms with Crippen LogP contribution in [0.2, 0.25) is 0 Å². The van der Waals surface area contributed by atoms with Crippen LogP contribution < -0.4 is 0 Å². The number of likely N-dealkylation sites (tertiary alicyclic amines) is 1. The van der Waals surface area contributed by atoms with Crippen molar-refractivity contribution in [1.29, 1.82) is 0 Å². The summed E-state index contributed by atoms with van der Waals surface area (Å²) in [6.07, 6.45) is 17.3. The topological polar surface area (TPSA) is 8.17 Å². The summed E-state index contributed by atoms with van der Waals surface area (Å²) < 4.78 is 2.47. The molecule has 0 radical (unpaired) electrons. The molecule has 0 bridgehead atoms. The maximum absolute atomic E-state index is 2.47. The molecular weight excluding hydrogens is 328 g/mol. The molecule has 1 aromatic carbocycles. The molecule has 0 N–H and O–H groups in total. The van der Waals surface area contributed by atoms with Crippen molar-refractivity contribution in [3.05, 3.63) is 59.8 Å². The largest absolute Gasteiger partial charge is 0.347 e. The predicted octanol–water partition coefficient (Wildman–Crippen LogP) is 6.14. The predicted molar refractivity (Wildman–Crippen MR) is 116 cm³/mol. The zero-order valence-corrected chi connectivity index (χ0v) is 17.0. The van der Waals surface area contributed by atoms with E-state index in [9.17, 15) is 0 Å². The van der Waals surface area contributed by atoms with E-state index in [2.05, 4.69) is 72.1 Å². The van der Waals surface area contributed by atoms with E-state index < -0.39 is 0 Å². The molecule has 2 heterocycles. The fourth-order valence-electron chi connectivity index (χ4n) is 4.89. The minimum atomic E-state index is 0.527. The van der Waals surface area contributed by atoms with Crippen LogP contribution in [0.4, 0.5) is 0 Å². The van der Waals surface area contributed by atoms with Crippen LogP contribution in [0.15, 0.2) is 54.3 Å². The van der Waals surface area contributed by atoms with Crippen LogP contribution in [0.25, 0.3) is 10.9 Å². The molecule has 27 heavy (non-hydrogen) atoms. The Morgan fingerprint density at radius 3 is 2.74 bits per heavy atom. The van der Waals surface area contributed by atoms with Crippen LogP contribution >= 0.6 is 0 Å². The highest BCUT2D eigenvalue weighted by Gasteiger charge is 2.17. The van der Waals surface area contributed by atoms with Gasteiger partial charge < -0.3 is 9.47 Å². The zero-order chi connectivity index (χ0) is 18.6. The van der Waals surface area contributed by atoms with Gasteiger partial charge in [0, 0.05) is 29.6 Å². The Bertz CT molecular complexity index is 818. The van der Waals surface area contributed by atoms with Gasteiger partial charge in [0.1, 0.15) is 0 Å². The number of aromatic nitrogens is 1. The monoisotopic (exact) mass is 362 g/mol. The summed E-state index contributed by atoms with van der Waals surface area (Å²) in [5.41, 5.74) is 4.28. The van der Waals surface area contributed by atoms with Gasteiger partial charge in [0.25, 0.3) is 0 Å². The van der Waals surface area contributed by atoms with Crippen LogP contribution in [0, 0.1) is 5.92 Å². The van der Waals surface area contributed by atoms with Gasteiger partial charge in [-0.3, -0.25) is 0 Å². The van der Waals surface area contributed by atoms with Crippen molar-refractivity contribution in [3.8, 4) is 0 Å². The van der Waals surface area contributed by atoms with Crippen molar-refractivity contribution in [2.24, 2.45) is 5.92 Å². The first kappa shape index (κ1) is 18.6. The van der Waals surface area contributed by atoms with E-state index in [1.54, 1.807) is 0 Å². The van der Waals surface area contributed by atoms with E-state index in [1.807, 2.05) is 0 Å². The van der Waals surface area contributed by atoms with Gasteiger partial charge >= 0.3 is 0 Å². The normalized spacial score (nSPS) is 21.7. The second kappa shape index (κ2) is 8.48. The third-order valence-corrected chi connectivity index (χ3v) is 6.58. The Morgan fingerprint density at radius 1 is 1.07 bits per heavy atom. The van der Waals surface area contributed by atoms with Crippen LogP contribution in [-0.2, 0) is 6.54 Å². The first-order valence-electron chi connectivity index (χ1n) is 10.8. The van der Waals surface area contributed by atoms with Crippen LogP contribution in [0.5, 0.6) is 0 Å². The molecule has 2 heteroatoms. The number of piperidine rings is 1. The number of aryl methyl sites for hydroxylation is 1. The lowest BCUT2D eigenvalue weighted by molar-refractivity contribution is 0.209. The Hall–Kier alpha value is -1.80. The van der Waals surface area contributed by atoms with Crippen molar-refractivity contribution >= 4 is 10.9 Å². The third kappa shape index (κ3) is 4.38. The van der Waals surface area contributed by atoms with Gasteiger partial charge in [-0.2, -0.15) is 0 Å². The number of benzene rings is 1. The Labute approximate surface area is 164 Å². The quantitative estimate of drug-likeness (QED) is 0.560. The molecule has 4 rings (SSSR count). The summed E-state index contributed by atoms with van der Waals surface area (Å²) >= 11 is 0. The SMILES string of the molecule is CC1=CC(c2cccc3c2ccn3CCCCC2CCN(C)CC2)CC=C1. The van der Waals surface area contributed by atoms with Gasteiger partial charge in [0.05, 0.1) is 0 Å². The third-order valence-electron chi connectivity index (χ3n) is 6.58. The smallest absolute Gasteiger partial charge is 0.0483 e. The number of fused-ring (bicyclic) bond motifs is 1. The molecule has 1 fully saturated rings. The van der Waals surface area contributed by atoms with Gasteiger partial charge in [-0.25, -0.2) is 0 Å². The molecule has 2 aliphatic rings. The number of unbranched alkanes of at least 4 members (excludes halogenated alkanes) is 1. The lowest BCUT2D eigenvalue weighted by Gasteiger charge is -2.28. The highest BCUT2D eigenvalue weighted by atomic mass is 15.1. The highest BCUT2D eigenvalue weighted by molar-refractivity contribution is 5.84. The lowest BCUT2D eigenvalue weighted by atomic mass is 9.88. The molecular formula is C25H34N2. The molecule has 0 amide bonds. The van der Waals surface area contributed by atoms with E-state index in [0.29, 0.717) is 5.92 Å². The van der Waals surface area contributed by atoms with Crippen LogP contribution in [-0.4, -0.2) is 29.6 Å². The number of nitrogens with zero attached hydrogens (tertiary/aromatic N) is 2. The van der Waals surface area contributed by atoms with Crippen LogP contribution in [0.3, 0.4) is 0 Å². The minimum absolute atomic E-state index is 0.527. The molecule has 0 saturated carbocycles. The molecule has 0 spiro atoms. The van der Waals surface area contributed by atoms with Crippen molar-refractivity contribution < 1.29 is 0 Å². The first-order valence-corrected chi connectivity index (χ1v) is 10.8. The fourth-order valence-corrected chi connectivity index (χ4v) is 4.89. The van der Waals surface area contributed by atoms with E-state index in [0.717, 1.165) is 18.9 Å². The summed E-state index contributed by atoms with van der Waals surface area (Å²) in [5, 5.41) is 1.44. The fraction of sp³-hybridized carbons (Fsp3) is 0.520. The van der Waals surface area contributed by atoms with Crippen LogP contribution in [0.1, 0.15) is 56.9 Å².